The maximum atomic E-state index is 12.3. The van der Waals surface area contributed by atoms with E-state index in [4.69, 9.17) is 10.00 Å². The summed E-state index contributed by atoms with van der Waals surface area (Å²) < 4.78 is 5.01. The third-order valence-corrected chi connectivity index (χ3v) is 4.32. The second-order valence-corrected chi connectivity index (χ2v) is 6.29. The molecule has 1 aromatic carbocycles. The highest BCUT2D eigenvalue weighted by Gasteiger charge is 2.47. The summed E-state index contributed by atoms with van der Waals surface area (Å²) in [6, 6.07) is 7.64. The first-order chi connectivity index (χ1) is 12.7. The van der Waals surface area contributed by atoms with Gasteiger partial charge < -0.3 is 15.4 Å². The van der Waals surface area contributed by atoms with Crippen LogP contribution in [0.5, 0.6) is 0 Å². The number of esters is 1. The minimum absolute atomic E-state index is 0.266. The zero-order chi connectivity index (χ0) is 20.2. The summed E-state index contributed by atoms with van der Waals surface area (Å²) in [6.45, 7) is 4.07. The van der Waals surface area contributed by atoms with Crippen molar-refractivity contribution >= 4 is 29.5 Å². The summed E-state index contributed by atoms with van der Waals surface area (Å²) in [5.41, 5.74) is -0.496. The number of ether oxygens (including phenoxy) is 1. The zero-order valence-corrected chi connectivity index (χ0v) is 15.2. The van der Waals surface area contributed by atoms with Crippen LogP contribution in [0.25, 0.3) is 0 Å². The van der Waals surface area contributed by atoms with Gasteiger partial charge in [-0.2, -0.15) is 5.26 Å². The number of nitriles is 1. The van der Waals surface area contributed by atoms with Gasteiger partial charge in [0.1, 0.15) is 18.2 Å². The molecule has 0 saturated carbocycles. The van der Waals surface area contributed by atoms with E-state index in [1.54, 1.807) is 32.0 Å². The maximum Gasteiger partial charge on any atom is 0.327 e. The van der Waals surface area contributed by atoms with Crippen LogP contribution in [-0.2, 0) is 19.1 Å². The quantitative estimate of drug-likeness (QED) is 0.569. The second-order valence-electron chi connectivity index (χ2n) is 6.29. The van der Waals surface area contributed by atoms with Gasteiger partial charge in [0.25, 0.3) is 11.8 Å². The third kappa shape index (κ3) is 4.23. The highest BCUT2D eigenvalue weighted by atomic mass is 16.5. The highest BCUT2D eigenvalue weighted by molar-refractivity contribution is 6.08. The van der Waals surface area contributed by atoms with E-state index in [1.807, 2.05) is 6.07 Å². The summed E-state index contributed by atoms with van der Waals surface area (Å²) in [5.74, 6) is -2.05. The lowest BCUT2D eigenvalue weighted by atomic mass is 9.99. The molecule has 0 aliphatic carbocycles. The summed E-state index contributed by atoms with van der Waals surface area (Å²) >= 11 is 0. The third-order valence-electron chi connectivity index (χ3n) is 4.32. The number of nitrogens with one attached hydrogen (secondary N) is 2. The van der Waals surface area contributed by atoms with E-state index in [0.717, 1.165) is 4.90 Å². The number of amides is 4. The molecule has 1 heterocycles. The Morgan fingerprint density at radius 3 is 2.63 bits per heavy atom. The van der Waals surface area contributed by atoms with E-state index in [0.29, 0.717) is 12.1 Å². The number of urea groups is 1. The largest absolute Gasteiger partial charge is 0.451 e. The van der Waals surface area contributed by atoms with Crippen LogP contribution in [0.3, 0.4) is 0 Å². The highest BCUT2D eigenvalue weighted by Crippen LogP contribution is 2.20. The second kappa shape index (κ2) is 7.86. The molecule has 2 atom stereocenters. The van der Waals surface area contributed by atoms with E-state index >= 15 is 0 Å². The van der Waals surface area contributed by atoms with Gasteiger partial charge in [-0.1, -0.05) is 19.1 Å². The van der Waals surface area contributed by atoms with Crippen LogP contribution < -0.4 is 10.6 Å². The van der Waals surface area contributed by atoms with Gasteiger partial charge in [-0.15, -0.1) is 0 Å². The van der Waals surface area contributed by atoms with Crippen molar-refractivity contribution in [3.05, 3.63) is 29.8 Å². The van der Waals surface area contributed by atoms with Gasteiger partial charge >= 0.3 is 12.0 Å². The SMILES string of the molecule is CC[C@@]1(C)NC(=O)N(CC(=O)O[C@@H](C)C(=O)Nc2ccccc2C#N)C1=O. The molecule has 0 bridgehead atoms. The van der Waals surface area contributed by atoms with Crippen LogP contribution in [0.1, 0.15) is 32.8 Å². The number of rotatable bonds is 6. The minimum atomic E-state index is -1.18. The van der Waals surface area contributed by atoms with E-state index in [1.165, 1.54) is 13.0 Å². The molecule has 4 amide bonds. The van der Waals surface area contributed by atoms with Crippen molar-refractivity contribution in [2.45, 2.75) is 38.8 Å². The minimum Gasteiger partial charge on any atom is -0.451 e. The molecule has 0 unspecified atom stereocenters. The normalized spacial score (nSPS) is 19.9. The number of carbonyl (C=O) groups excluding carboxylic acids is 4. The van der Waals surface area contributed by atoms with Crippen LogP contribution >= 0.6 is 0 Å². The van der Waals surface area contributed by atoms with Gasteiger partial charge in [0.15, 0.2) is 6.10 Å². The average molecular weight is 372 g/mol. The monoisotopic (exact) mass is 372 g/mol. The Morgan fingerprint density at radius 1 is 1.37 bits per heavy atom. The van der Waals surface area contributed by atoms with Gasteiger partial charge in [0.05, 0.1) is 11.3 Å². The van der Waals surface area contributed by atoms with Crippen molar-refractivity contribution in [3.63, 3.8) is 0 Å². The number of benzene rings is 1. The van der Waals surface area contributed by atoms with Crippen molar-refractivity contribution < 1.29 is 23.9 Å². The fourth-order valence-corrected chi connectivity index (χ4v) is 2.47. The van der Waals surface area contributed by atoms with Gasteiger partial charge in [-0.3, -0.25) is 19.3 Å². The molecule has 0 spiro atoms. The molecule has 0 aromatic heterocycles. The molecule has 27 heavy (non-hydrogen) atoms. The Morgan fingerprint density at radius 2 is 2.04 bits per heavy atom. The number of nitrogens with zero attached hydrogens (tertiary/aromatic N) is 2. The number of anilines is 1. The Balaban J connectivity index is 1.95. The molecule has 0 radical (unpaired) electrons. The Labute approximate surface area is 156 Å². The first kappa shape index (κ1) is 19.9. The summed E-state index contributed by atoms with van der Waals surface area (Å²) in [5, 5.41) is 14.1. The fourth-order valence-electron chi connectivity index (χ4n) is 2.47. The van der Waals surface area contributed by atoms with Gasteiger partial charge in [-0.25, -0.2) is 4.79 Å². The van der Waals surface area contributed by atoms with E-state index < -0.39 is 42.0 Å². The number of hydrogen-bond acceptors (Lipinski definition) is 6. The standard InChI is InChI=1S/C18H20N4O5/c1-4-18(3)16(25)22(17(26)21-18)10-14(23)27-11(2)15(24)20-13-8-6-5-7-12(13)9-19/h5-8,11H,4,10H2,1-3H3,(H,20,24)(H,21,26)/t11-,18+/m0/s1. The lowest BCUT2D eigenvalue weighted by Crippen LogP contribution is -2.44. The van der Waals surface area contributed by atoms with Crippen LogP contribution in [-0.4, -0.2) is 46.9 Å². The van der Waals surface area contributed by atoms with Gasteiger partial charge in [0.2, 0.25) is 0 Å². The molecule has 1 saturated heterocycles. The van der Waals surface area contributed by atoms with E-state index in [-0.39, 0.29) is 5.56 Å². The molecule has 142 valence electrons. The first-order valence-electron chi connectivity index (χ1n) is 8.35. The number of carbonyl (C=O) groups is 4. The lowest BCUT2D eigenvalue weighted by molar-refractivity contribution is -0.155. The molecule has 2 rings (SSSR count). The molecular formula is C18H20N4O5. The van der Waals surface area contributed by atoms with Crippen LogP contribution in [0.15, 0.2) is 24.3 Å². The molecule has 9 heteroatoms. The van der Waals surface area contributed by atoms with Gasteiger partial charge in [0, 0.05) is 0 Å². The zero-order valence-electron chi connectivity index (χ0n) is 15.2. The van der Waals surface area contributed by atoms with Crippen LogP contribution in [0, 0.1) is 11.3 Å². The summed E-state index contributed by atoms with van der Waals surface area (Å²) in [7, 11) is 0. The first-order valence-corrected chi connectivity index (χ1v) is 8.35. The maximum absolute atomic E-state index is 12.3. The van der Waals surface area contributed by atoms with Crippen molar-refractivity contribution in [1.29, 1.82) is 5.26 Å². The molecule has 2 N–H and O–H groups in total. The van der Waals surface area contributed by atoms with Crippen molar-refractivity contribution in [2.75, 3.05) is 11.9 Å². The van der Waals surface area contributed by atoms with Crippen molar-refractivity contribution in [3.8, 4) is 6.07 Å². The molecule has 1 aliphatic heterocycles. The number of para-hydroxylation sites is 1. The topological polar surface area (TPSA) is 129 Å². The molecule has 1 aliphatic rings. The fraction of sp³-hybridized carbons (Fsp3) is 0.389. The predicted octanol–water partition coefficient (Wildman–Crippen LogP) is 1.15. The number of imide groups is 1. The van der Waals surface area contributed by atoms with Gasteiger partial charge in [-0.05, 0) is 32.4 Å². The van der Waals surface area contributed by atoms with Crippen LogP contribution in [0.4, 0.5) is 10.5 Å². The van der Waals surface area contributed by atoms with Crippen molar-refractivity contribution in [1.82, 2.24) is 10.2 Å². The Bertz CT molecular complexity index is 831. The Kier molecular flexibility index (Phi) is 5.80. The molecule has 1 fully saturated rings. The summed E-state index contributed by atoms with van der Waals surface area (Å²) in [4.78, 5) is 49.2. The van der Waals surface area contributed by atoms with E-state index in [2.05, 4.69) is 10.6 Å². The van der Waals surface area contributed by atoms with E-state index in [9.17, 15) is 19.2 Å². The lowest BCUT2D eigenvalue weighted by Gasteiger charge is -2.19. The number of hydrogen-bond donors (Lipinski definition) is 2. The summed E-state index contributed by atoms with van der Waals surface area (Å²) in [6.07, 6.45) is -0.803. The average Bonchev–Trinajstić information content (AvgIpc) is 2.85. The smallest absolute Gasteiger partial charge is 0.327 e. The predicted molar refractivity (Wildman–Crippen MR) is 94.3 cm³/mol. The molecular weight excluding hydrogens is 352 g/mol. The molecule has 1 aromatic rings. The van der Waals surface area contributed by atoms with Crippen LogP contribution in [0.2, 0.25) is 0 Å². The molecule has 9 nitrogen and oxygen atoms in total. The van der Waals surface area contributed by atoms with Crippen molar-refractivity contribution in [2.24, 2.45) is 0 Å². The Hall–Kier alpha value is -3.41.